The number of hydrogen-bond donors (Lipinski definition) is 1. The molecule has 0 aliphatic heterocycles. The highest BCUT2D eigenvalue weighted by molar-refractivity contribution is 5.70. The monoisotopic (exact) mass is 295 g/mol. The molecule has 1 aliphatic carbocycles. The molecule has 0 radical (unpaired) electrons. The van der Waals surface area contributed by atoms with E-state index >= 15 is 0 Å². The number of alkyl halides is 1. The van der Waals surface area contributed by atoms with Gasteiger partial charge in [-0.1, -0.05) is 13.8 Å². The minimum atomic E-state index is -0.776. The van der Waals surface area contributed by atoms with Gasteiger partial charge in [-0.3, -0.25) is 9.78 Å². The highest BCUT2D eigenvalue weighted by atomic mass is 19.1. The van der Waals surface area contributed by atoms with Crippen LogP contribution in [-0.4, -0.2) is 22.2 Å². The van der Waals surface area contributed by atoms with Gasteiger partial charge in [0.1, 0.15) is 18.1 Å². The van der Waals surface area contributed by atoms with Crippen LogP contribution < -0.4 is 4.74 Å². The summed E-state index contributed by atoms with van der Waals surface area (Å²) in [7, 11) is 0. The van der Waals surface area contributed by atoms with Crippen molar-refractivity contribution in [2.45, 2.75) is 58.2 Å². The van der Waals surface area contributed by atoms with Gasteiger partial charge in [-0.15, -0.1) is 0 Å². The fourth-order valence-corrected chi connectivity index (χ4v) is 2.69. The Hall–Kier alpha value is -1.65. The standard InChI is InChI=1S/C16H22FNO3/c1-10(2)13-6-7-15(14(9-17)18-13)21-12-5-3-4-11(8-12)16(19)20/h6-7,10-12H,3-5,8-9H2,1-2H3,(H,19,20)/t11-,12-/m0/s1. The number of halogens is 1. The maximum absolute atomic E-state index is 13.2. The lowest BCUT2D eigenvalue weighted by molar-refractivity contribution is -0.143. The van der Waals surface area contributed by atoms with Crippen LogP contribution in [0.4, 0.5) is 4.39 Å². The summed E-state index contributed by atoms with van der Waals surface area (Å²) >= 11 is 0. The Morgan fingerprint density at radius 3 is 2.86 bits per heavy atom. The minimum absolute atomic E-state index is 0.170. The first-order valence-electron chi connectivity index (χ1n) is 7.46. The van der Waals surface area contributed by atoms with Gasteiger partial charge < -0.3 is 9.84 Å². The maximum Gasteiger partial charge on any atom is 0.306 e. The van der Waals surface area contributed by atoms with E-state index in [-0.39, 0.29) is 17.9 Å². The quantitative estimate of drug-likeness (QED) is 0.900. The average molecular weight is 295 g/mol. The number of aromatic nitrogens is 1. The highest BCUT2D eigenvalue weighted by Crippen LogP contribution is 2.30. The Labute approximate surface area is 124 Å². The molecule has 1 saturated carbocycles. The smallest absolute Gasteiger partial charge is 0.306 e. The van der Waals surface area contributed by atoms with Gasteiger partial charge >= 0.3 is 5.97 Å². The Morgan fingerprint density at radius 2 is 2.24 bits per heavy atom. The van der Waals surface area contributed by atoms with Gasteiger partial charge in [0.25, 0.3) is 0 Å². The molecule has 21 heavy (non-hydrogen) atoms. The van der Waals surface area contributed by atoms with Gasteiger partial charge in [0, 0.05) is 5.69 Å². The molecule has 4 nitrogen and oxygen atoms in total. The zero-order chi connectivity index (χ0) is 15.4. The number of ether oxygens (including phenoxy) is 1. The van der Waals surface area contributed by atoms with Crippen LogP contribution in [0.3, 0.4) is 0 Å². The lowest BCUT2D eigenvalue weighted by Crippen LogP contribution is -2.29. The van der Waals surface area contributed by atoms with E-state index in [0.717, 1.165) is 18.5 Å². The van der Waals surface area contributed by atoms with Crippen LogP contribution >= 0.6 is 0 Å². The molecule has 0 saturated heterocycles. The summed E-state index contributed by atoms with van der Waals surface area (Å²) in [6, 6.07) is 3.60. The molecule has 116 valence electrons. The summed E-state index contributed by atoms with van der Waals surface area (Å²) in [6.07, 6.45) is 2.63. The molecular formula is C16H22FNO3. The molecule has 1 fully saturated rings. The second-order valence-electron chi connectivity index (χ2n) is 5.91. The van der Waals surface area contributed by atoms with Crippen LogP contribution in [0.1, 0.15) is 56.8 Å². The molecule has 0 unspecified atom stereocenters. The second-order valence-corrected chi connectivity index (χ2v) is 5.91. The molecule has 0 spiro atoms. The van der Waals surface area contributed by atoms with E-state index in [1.165, 1.54) is 0 Å². The molecule has 1 aromatic rings. The van der Waals surface area contributed by atoms with Crippen molar-refractivity contribution in [3.8, 4) is 5.75 Å². The molecule has 0 amide bonds. The summed E-state index contributed by atoms with van der Waals surface area (Å²) in [6.45, 7) is 3.33. The van der Waals surface area contributed by atoms with Crippen LogP contribution in [0.25, 0.3) is 0 Å². The number of hydrogen-bond acceptors (Lipinski definition) is 3. The van der Waals surface area contributed by atoms with Crippen molar-refractivity contribution in [3.05, 3.63) is 23.5 Å². The largest absolute Gasteiger partial charge is 0.488 e. The first-order valence-corrected chi connectivity index (χ1v) is 7.46. The molecule has 1 N–H and O–H groups in total. The molecule has 1 heterocycles. The zero-order valence-electron chi connectivity index (χ0n) is 12.5. The number of rotatable bonds is 5. The van der Waals surface area contributed by atoms with Crippen molar-refractivity contribution in [2.24, 2.45) is 5.92 Å². The van der Waals surface area contributed by atoms with Crippen LogP contribution in [0.5, 0.6) is 5.75 Å². The fourth-order valence-electron chi connectivity index (χ4n) is 2.69. The lowest BCUT2D eigenvalue weighted by atomic mass is 9.87. The SMILES string of the molecule is CC(C)c1ccc(O[C@H]2CCC[C@H](C(=O)O)C2)c(CF)n1. The third-order valence-electron chi connectivity index (χ3n) is 3.94. The normalized spacial score (nSPS) is 22.3. The number of pyridine rings is 1. The van der Waals surface area contributed by atoms with E-state index in [4.69, 9.17) is 9.84 Å². The van der Waals surface area contributed by atoms with Crippen molar-refractivity contribution >= 4 is 5.97 Å². The van der Waals surface area contributed by atoms with Crippen LogP contribution in [0, 0.1) is 5.92 Å². The van der Waals surface area contributed by atoms with E-state index in [9.17, 15) is 9.18 Å². The molecule has 5 heteroatoms. The van der Waals surface area contributed by atoms with Crippen LogP contribution in [0.2, 0.25) is 0 Å². The van der Waals surface area contributed by atoms with Crippen molar-refractivity contribution in [1.82, 2.24) is 4.98 Å². The van der Waals surface area contributed by atoms with Gasteiger partial charge in [0.05, 0.1) is 12.0 Å². The van der Waals surface area contributed by atoms with Gasteiger partial charge in [0.2, 0.25) is 0 Å². The number of aliphatic carboxylic acids is 1. The molecule has 1 aliphatic rings. The second kappa shape index (κ2) is 6.87. The topological polar surface area (TPSA) is 59.4 Å². The predicted octanol–water partition coefficient (Wildman–Crippen LogP) is 3.70. The Kier molecular flexibility index (Phi) is 5.15. The summed E-state index contributed by atoms with van der Waals surface area (Å²) in [5.41, 5.74) is 1.14. The predicted molar refractivity (Wildman–Crippen MR) is 77.1 cm³/mol. The third-order valence-corrected chi connectivity index (χ3v) is 3.94. The number of carboxylic acids is 1. The minimum Gasteiger partial charge on any atom is -0.488 e. The summed E-state index contributed by atoms with van der Waals surface area (Å²) in [4.78, 5) is 15.4. The first-order chi connectivity index (χ1) is 10.0. The van der Waals surface area contributed by atoms with Crippen molar-refractivity contribution in [1.29, 1.82) is 0 Å². The number of carboxylic acid groups (broad SMARTS) is 1. The first kappa shape index (κ1) is 15.7. The Balaban J connectivity index is 2.10. The maximum atomic E-state index is 13.2. The number of carbonyl (C=O) groups is 1. The molecule has 0 bridgehead atoms. The van der Waals surface area contributed by atoms with Crippen molar-refractivity contribution < 1.29 is 19.0 Å². The molecule has 2 rings (SSSR count). The fraction of sp³-hybridized carbons (Fsp3) is 0.625. The van der Waals surface area contributed by atoms with E-state index in [0.29, 0.717) is 24.3 Å². The van der Waals surface area contributed by atoms with Crippen LogP contribution in [-0.2, 0) is 11.5 Å². The van der Waals surface area contributed by atoms with E-state index in [1.807, 2.05) is 19.9 Å². The van der Waals surface area contributed by atoms with Crippen molar-refractivity contribution in [2.75, 3.05) is 0 Å². The van der Waals surface area contributed by atoms with Gasteiger partial charge in [-0.25, -0.2) is 4.39 Å². The third kappa shape index (κ3) is 3.93. The molecular weight excluding hydrogens is 273 g/mol. The summed E-state index contributed by atoms with van der Waals surface area (Å²) in [5.74, 6) is -0.462. The van der Waals surface area contributed by atoms with Crippen LogP contribution in [0.15, 0.2) is 12.1 Å². The lowest BCUT2D eigenvalue weighted by Gasteiger charge is -2.27. The van der Waals surface area contributed by atoms with E-state index in [1.54, 1.807) is 6.07 Å². The summed E-state index contributed by atoms with van der Waals surface area (Å²) < 4.78 is 19.0. The van der Waals surface area contributed by atoms with Gasteiger partial charge in [-0.05, 0) is 43.7 Å². The zero-order valence-corrected chi connectivity index (χ0v) is 12.5. The Morgan fingerprint density at radius 1 is 1.48 bits per heavy atom. The van der Waals surface area contributed by atoms with Crippen molar-refractivity contribution in [3.63, 3.8) is 0 Å². The molecule has 1 aromatic heterocycles. The summed E-state index contributed by atoms with van der Waals surface area (Å²) in [5, 5.41) is 9.09. The van der Waals surface area contributed by atoms with E-state index in [2.05, 4.69) is 4.98 Å². The molecule has 2 atom stereocenters. The van der Waals surface area contributed by atoms with Gasteiger partial charge in [-0.2, -0.15) is 0 Å². The average Bonchev–Trinajstić information content (AvgIpc) is 2.47. The highest BCUT2D eigenvalue weighted by Gasteiger charge is 2.28. The van der Waals surface area contributed by atoms with Gasteiger partial charge in [0.15, 0.2) is 0 Å². The molecule has 0 aromatic carbocycles. The van der Waals surface area contributed by atoms with E-state index < -0.39 is 12.6 Å². The number of nitrogens with zero attached hydrogens (tertiary/aromatic N) is 1. The Bertz CT molecular complexity index is 504.